The monoisotopic (exact) mass is 187 g/mol. The fourth-order valence-corrected chi connectivity index (χ4v) is 2.04. The molecule has 0 saturated carbocycles. The first-order valence-corrected chi connectivity index (χ1v) is 4.47. The van der Waals surface area contributed by atoms with Crippen LogP contribution in [0.5, 0.6) is 0 Å². The van der Waals surface area contributed by atoms with Crippen molar-refractivity contribution < 1.29 is 14.6 Å². The first-order valence-electron chi connectivity index (χ1n) is 4.47. The number of rotatable bonds is 3. The Morgan fingerprint density at radius 2 is 2.31 bits per heavy atom. The van der Waals surface area contributed by atoms with Crippen LogP contribution in [0.15, 0.2) is 0 Å². The Kier molecular flexibility index (Phi) is 2.75. The van der Waals surface area contributed by atoms with Crippen LogP contribution in [0.1, 0.15) is 20.3 Å². The molecule has 0 aromatic rings. The van der Waals surface area contributed by atoms with E-state index in [1.54, 1.807) is 0 Å². The fourth-order valence-electron chi connectivity index (χ4n) is 2.04. The molecular formula is C9H17NO3. The van der Waals surface area contributed by atoms with Gasteiger partial charge in [0.1, 0.15) is 12.4 Å². The molecule has 0 aliphatic carbocycles. The Morgan fingerprint density at radius 3 is 2.62 bits per heavy atom. The second-order valence-electron chi connectivity index (χ2n) is 4.05. The van der Waals surface area contributed by atoms with Crippen molar-refractivity contribution >= 4 is 6.29 Å². The Balaban J connectivity index is 2.98. The minimum absolute atomic E-state index is 0.264. The Labute approximate surface area is 78.1 Å². The molecule has 3 N–H and O–H groups in total. The highest BCUT2D eigenvalue weighted by molar-refractivity contribution is 5.58. The van der Waals surface area contributed by atoms with Gasteiger partial charge in [0.25, 0.3) is 0 Å². The van der Waals surface area contributed by atoms with Crippen molar-refractivity contribution in [2.75, 3.05) is 13.2 Å². The van der Waals surface area contributed by atoms with E-state index in [0.717, 1.165) is 0 Å². The topological polar surface area (TPSA) is 72.6 Å². The van der Waals surface area contributed by atoms with Crippen LogP contribution in [0.25, 0.3) is 0 Å². The van der Waals surface area contributed by atoms with Crippen LogP contribution in [0.4, 0.5) is 0 Å². The van der Waals surface area contributed by atoms with E-state index in [1.807, 2.05) is 13.8 Å². The number of ether oxygens (including phenoxy) is 1. The van der Waals surface area contributed by atoms with Crippen LogP contribution in [0.2, 0.25) is 0 Å². The Bertz CT molecular complexity index is 205. The van der Waals surface area contributed by atoms with Crippen LogP contribution in [-0.2, 0) is 9.53 Å². The van der Waals surface area contributed by atoms with Crippen LogP contribution < -0.4 is 5.73 Å². The summed E-state index contributed by atoms with van der Waals surface area (Å²) in [5.41, 5.74) is 4.48. The predicted octanol–water partition coefficient (Wildman–Crippen LogP) is -0.310. The number of hydrogen-bond donors (Lipinski definition) is 2. The third-order valence-electron chi connectivity index (χ3n) is 3.27. The van der Waals surface area contributed by atoms with Crippen molar-refractivity contribution in [2.45, 2.75) is 32.0 Å². The van der Waals surface area contributed by atoms with E-state index < -0.39 is 17.1 Å². The minimum Gasteiger partial charge on any atom is -0.385 e. The van der Waals surface area contributed by atoms with Gasteiger partial charge in [0.05, 0.1) is 5.60 Å². The zero-order valence-corrected chi connectivity index (χ0v) is 8.12. The van der Waals surface area contributed by atoms with Gasteiger partial charge in [-0.3, -0.25) is 0 Å². The number of aldehydes is 1. The third-order valence-corrected chi connectivity index (χ3v) is 3.27. The molecule has 0 spiro atoms. The van der Waals surface area contributed by atoms with Crippen LogP contribution in [0, 0.1) is 5.41 Å². The first-order chi connectivity index (χ1) is 6.00. The molecule has 0 aromatic heterocycles. The molecule has 0 aromatic carbocycles. The number of aliphatic hydroxyl groups excluding tert-OH is 1. The maximum Gasteiger partial charge on any atom is 0.149 e. The molecular weight excluding hydrogens is 170 g/mol. The lowest BCUT2D eigenvalue weighted by molar-refractivity contribution is -0.131. The predicted molar refractivity (Wildman–Crippen MR) is 48.2 cm³/mol. The molecule has 76 valence electrons. The highest BCUT2D eigenvalue weighted by atomic mass is 16.5. The molecule has 1 aliphatic heterocycles. The smallest absolute Gasteiger partial charge is 0.149 e. The van der Waals surface area contributed by atoms with Gasteiger partial charge in [0.2, 0.25) is 0 Å². The van der Waals surface area contributed by atoms with Gasteiger partial charge < -0.3 is 20.4 Å². The van der Waals surface area contributed by atoms with Crippen molar-refractivity contribution in [3.8, 4) is 0 Å². The van der Waals surface area contributed by atoms with E-state index in [2.05, 4.69) is 0 Å². The van der Waals surface area contributed by atoms with Gasteiger partial charge in [0.15, 0.2) is 0 Å². The molecule has 4 nitrogen and oxygen atoms in total. The highest BCUT2D eigenvalue weighted by Crippen LogP contribution is 2.44. The summed E-state index contributed by atoms with van der Waals surface area (Å²) < 4.78 is 5.47. The lowest BCUT2D eigenvalue weighted by Crippen LogP contribution is -2.53. The second kappa shape index (κ2) is 3.36. The van der Waals surface area contributed by atoms with E-state index in [0.29, 0.717) is 19.3 Å². The summed E-state index contributed by atoms with van der Waals surface area (Å²) in [5.74, 6) is 0. The number of nitrogens with two attached hydrogens (primary N) is 1. The maximum atomic E-state index is 10.6. The van der Waals surface area contributed by atoms with Gasteiger partial charge in [-0.05, 0) is 20.3 Å². The highest BCUT2D eigenvalue weighted by Gasteiger charge is 2.53. The van der Waals surface area contributed by atoms with Gasteiger partial charge in [-0.1, -0.05) is 0 Å². The molecule has 1 heterocycles. The normalized spacial score (nSPS) is 34.5. The molecule has 2 atom stereocenters. The van der Waals surface area contributed by atoms with Crippen molar-refractivity contribution in [3.05, 3.63) is 0 Å². The van der Waals surface area contributed by atoms with E-state index in [1.165, 1.54) is 0 Å². The van der Waals surface area contributed by atoms with Crippen molar-refractivity contribution in [2.24, 2.45) is 11.1 Å². The van der Waals surface area contributed by atoms with Gasteiger partial charge in [-0.25, -0.2) is 0 Å². The third kappa shape index (κ3) is 1.39. The summed E-state index contributed by atoms with van der Waals surface area (Å²) in [6.07, 6.45) is 0.148. The average Bonchev–Trinajstić information content (AvgIpc) is 2.40. The van der Waals surface area contributed by atoms with E-state index in [9.17, 15) is 9.90 Å². The molecule has 0 bridgehead atoms. The number of carbonyl (C=O) groups excluding carboxylic acids is 1. The van der Waals surface area contributed by atoms with Crippen molar-refractivity contribution in [1.82, 2.24) is 0 Å². The van der Waals surface area contributed by atoms with Crippen molar-refractivity contribution in [3.63, 3.8) is 0 Å². The van der Waals surface area contributed by atoms with Crippen LogP contribution in [-0.4, -0.2) is 36.2 Å². The average molecular weight is 187 g/mol. The lowest BCUT2D eigenvalue weighted by atomic mass is 9.69. The van der Waals surface area contributed by atoms with E-state index >= 15 is 0 Å². The van der Waals surface area contributed by atoms with Gasteiger partial charge in [0, 0.05) is 18.6 Å². The second-order valence-corrected chi connectivity index (χ2v) is 4.05. The summed E-state index contributed by atoms with van der Waals surface area (Å²) >= 11 is 0. The number of carbonyl (C=O) groups is 1. The summed E-state index contributed by atoms with van der Waals surface area (Å²) in [4.78, 5) is 10.6. The largest absolute Gasteiger partial charge is 0.385 e. The number of hydrogen-bond acceptors (Lipinski definition) is 4. The number of aliphatic hydroxyl groups is 1. The molecule has 1 saturated heterocycles. The Morgan fingerprint density at radius 1 is 1.69 bits per heavy atom. The zero-order chi connectivity index (χ0) is 10.1. The fraction of sp³-hybridized carbons (Fsp3) is 0.889. The first kappa shape index (κ1) is 10.6. The minimum atomic E-state index is -1.03. The van der Waals surface area contributed by atoms with Gasteiger partial charge >= 0.3 is 0 Å². The summed E-state index contributed by atoms with van der Waals surface area (Å²) in [5, 5.41) is 9.62. The molecule has 1 rings (SSSR count). The van der Waals surface area contributed by atoms with Crippen molar-refractivity contribution in [1.29, 1.82) is 0 Å². The van der Waals surface area contributed by atoms with Gasteiger partial charge in [-0.2, -0.15) is 0 Å². The lowest BCUT2D eigenvalue weighted by Gasteiger charge is -2.40. The molecule has 1 fully saturated rings. The maximum absolute atomic E-state index is 10.6. The molecule has 1 aliphatic rings. The molecule has 0 radical (unpaired) electrons. The van der Waals surface area contributed by atoms with Gasteiger partial charge in [-0.15, -0.1) is 0 Å². The molecule has 2 unspecified atom stereocenters. The molecule has 4 heteroatoms. The standard InChI is InChI=1S/C9H17NO3/c1-8(2)9(6-10,3-4-13-8)7(12)5-11/h5,7,12H,3-4,6,10H2,1-2H3. The van der Waals surface area contributed by atoms with E-state index in [4.69, 9.17) is 10.5 Å². The molecule has 13 heavy (non-hydrogen) atoms. The van der Waals surface area contributed by atoms with Crippen LogP contribution in [0.3, 0.4) is 0 Å². The summed E-state index contributed by atoms with van der Waals surface area (Å²) in [6.45, 7) is 4.54. The Hall–Kier alpha value is -0.450. The van der Waals surface area contributed by atoms with E-state index in [-0.39, 0.29) is 6.54 Å². The van der Waals surface area contributed by atoms with Crippen LogP contribution >= 0.6 is 0 Å². The summed E-state index contributed by atoms with van der Waals surface area (Å²) in [6, 6.07) is 0. The SMILES string of the molecule is CC1(C)OCCC1(CN)C(O)C=O. The summed E-state index contributed by atoms with van der Waals surface area (Å²) in [7, 11) is 0. The zero-order valence-electron chi connectivity index (χ0n) is 8.12. The molecule has 0 amide bonds. The quantitative estimate of drug-likeness (QED) is 0.594.